The number of hydrogen-bond acceptors (Lipinski definition) is 4. The van der Waals surface area contributed by atoms with Crippen molar-refractivity contribution in [2.75, 3.05) is 0 Å². The van der Waals surface area contributed by atoms with Crippen molar-refractivity contribution in [3.63, 3.8) is 0 Å². The molecule has 0 saturated heterocycles. The minimum absolute atomic E-state index is 0.363. The van der Waals surface area contributed by atoms with Crippen molar-refractivity contribution in [3.05, 3.63) is 17.9 Å². The van der Waals surface area contributed by atoms with Crippen LogP contribution in [0.3, 0.4) is 0 Å². The van der Waals surface area contributed by atoms with Gasteiger partial charge in [-0.1, -0.05) is 0 Å². The van der Waals surface area contributed by atoms with Gasteiger partial charge in [0.1, 0.15) is 0 Å². The number of nitrogens with two attached hydrogens (primary N) is 1. The fraction of sp³-hybridized carbons (Fsp3) is 0. The summed E-state index contributed by atoms with van der Waals surface area (Å²) >= 11 is 0. The molecule has 12 heavy (non-hydrogen) atoms. The predicted molar refractivity (Wildman–Crippen MR) is 37.0 cm³/mol. The van der Waals surface area contributed by atoms with Crippen LogP contribution in [0.4, 0.5) is 0 Å². The van der Waals surface area contributed by atoms with E-state index >= 15 is 0 Å². The summed E-state index contributed by atoms with van der Waals surface area (Å²) in [4.78, 5) is 10.5. The zero-order chi connectivity index (χ0) is 9.35. The standard InChI is InChI=1S/C5H5NO5S/c6-4(7)3-1-2-11-5(3)12(8,9)10/h1-2H,(H2,6,7)(H,8,9,10). The van der Waals surface area contributed by atoms with Crippen molar-refractivity contribution < 1.29 is 22.2 Å². The molecular formula is C5H5NO5S. The number of carbonyl (C=O) groups excluding carboxylic acids is 1. The molecule has 0 aliphatic carbocycles. The highest BCUT2D eigenvalue weighted by atomic mass is 32.2. The summed E-state index contributed by atoms with van der Waals surface area (Å²) in [6.45, 7) is 0. The first-order valence-electron chi connectivity index (χ1n) is 2.77. The van der Waals surface area contributed by atoms with E-state index in [0.717, 1.165) is 12.3 Å². The summed E-state index contributed by atoms with van der Waals surface area (Å²) in [7, 11) is -4.50. The average Bonchev–Trinajstić information content (AvgIpc) is 2.30. The van der Waals surface area contributed by atoms with E-state index < -0.39 is 21.1 Å². The third kappa shape index (κ3) is 1.46. The van der Waals surface area contributed by atoms with Gasteiger partial charge in [0.25, 0.3) is 11.0 Å². The summed E-state index contributed by atoms with van der Waals surface area (Å²) < 4.78 is 33.8. The van der Waals surface area contributed by atoms with Crippen molar-refractivity contribution in [2.45, 2.75) is 5.09 Å². The van der Waals surface area contributed by atoms with Crippen LogP contribution in [0.2, 0.25) is 0 Å². The van der Waals surface area contributed by atoms with Crippen molar-refractivity contribution in [1.82, 2.24) is 0 Å². The highest BCUT2D eigenvalue weighted by Gasteiger charge is 2.22. The van der Waals surface area contributed by atoms with Gasteiger partial charge in [0.2, 0.25) is 0 Å². The van der Waals surface area contributed by atoms with E-state index in [1.807, 2.05) is 0 Å². The van der Waals surface area contributed by atoms with Gasteiger partial charge in [-0.3, -0.25) is 9.35 Å². The number of furan rings is 1. The van der Waals surface area contributed by atoms with Crippen LogP contribution in [0, 0.1) is 0 Å². The second-order valence-corrected chi connectivity index (χ2v) is 3.28. The molecule has 0 spiro atoms. The minimum atomic E-state index is -4.50. The van der Waals surface area contributed by atoms with Crippen LogP contribution in [0.25, 0.3) is 0 Å². The Morgan fingerprint density at radius 2 is 2.17 bits per heavy atom. The SMILES string of the molecule is NC(=O)c1ccoc1S(=O)(=O)O. The lowest BCUT2D eigenvalue weighted by Crippen LogP contribution is -2.13. The van der Waals surface area contributed by atoms with Crippen molar-refractivity contribution >= 4 is 16.0 Å². The maximum Gasteiger partial charge on any atom is 0.329 e. The Labute approximate surface area is 67.7 Å². The molecule has 0 radical (unpaired) electrons. The first-order chi connectivity index (χ1) is 5.43. The van der Waals surface area contributed by atoms with E-state index in [2.05, 4.69) is 4.42 Å². The minimum Gasteiger partial charge on any atom is -0.450 e. The van der Waals surface area contributed by atoms with E-state index in [4.69, 9.17) is 10.3 Å². The normalized spacial score (nSPS) is 11.4. The van der Waals surface area contributed by atoms with Crippen molar-refractivity contribution in [2.24, 2.45) is 5.73 Å². The number of amides is 1. The number of primary amides is 1. The van der Waals surface area contributed by atoms with E-state index in [1.165, 1.54) is 0 Å². The average molecular weight is 191 g/mol. The van der Waals surface area contributed by atoms with Crippen LogP contribution in [-0.2, 0) is 10.1 Å². The van der Waals surface area contributed by atoms with Crippen LogP contribution in [0.15, 0.2) is 21.8 Å². The molecule has 0 bridgehead atoms. The topological polar surface area (TPSA) is 111 Å². The zero-order valence-electron chi connectivity index (χ0n) is 5.72. The van der Waals surface area contributed by atoms with Crippen LogP contribution >= 0.6 is 0 Å². The van der Waals surface area contributed by atoms with Crippen molar-refractivity contribution in [1.29, 1.82) is 0 Å². The molecule has 0 saturated carbocycles. The Morgan fingerprint density at radius 1 is 1.58 bits per heavy atom. The summed E-state index contributed by atoms with van der Waals surface area (Å²) in [5.41, 5.74) is 4.42. The highest BCUT2D eigenvalue weighted by Crippen LogP contribution is 2.15. The second-order valence-electron chi connectivity index (χ2n) is 1.96. The van der Waals surface area contributed by atoms with Crippen LogP contribution in [-0.4, -0.2) is 18.9 Å². The Morgan fingerprint density at radius 3 is 2.50 bits per heavy atom. The molecule has 0 fully saturated rings. The van der Waals surface area contributed by atoms with Crippen LogP contribution in [0.5, 0.6) is 0 Å². The Bertz CT molecular complexity index is 403. The highest BCUT2D eigenvalue weighted by molar-refractivity contribution is 7.85. The van der Waals surface area contributed by atoms with Gasteiger partial charge in [0, 0.05) is 0 Å². The third-order valence-electron chi connectivity index (χ3n) is 1.13. The maximum absolute atomic E-state index is 10.5. The lowest BCUT2D eigenvalue weighted by molar-refractivity contribution is 0.0994. The van der Waals surface area contributed by atoms with Gasteiger partial charge in [-0.15, -0.1) is 0 Å². The van der Waals surface area contributed by atoms with E-state index in [-0.39, 0.29) is 5.56 Å². The Balaban J connectivity index is 3.36. The lowest BCUT2D eigenvalue weighted by Gasteiger charge is -1.92. The molecule has 66 valence electrons. The molecule has 1 aromatic heterocycles. The predicted octanol–water partition coefficient (Wildman–Crippen LogP) is -0.375. The van der Waals surface area contributed by atoms with Gasteiger partial charge in [-0.05, 0) is 6.07 Å². The summed E-state index contributed by atoms with van der Waals surface area (Å²) in [6, 6.07) is 1.06. The van der Waals surface area contributed by atoms with Gasteiger partial charge >= 0.3 is 10.1 Å². The molecule has 1 aromatic rings. The monoisotopic (exact) mass is 191 g/mol. The summed E-state index contributed by atoms with van der Waals surface area (Å²) in [5, 5.41) is -0.824. The largest absolute Gasteiger partial charge is 0.450 e. The quantitative estimate of drug-likeness (QED) is 0.619. The number of carbonyl (C=O) groups is 1. The fourth-order valence-electron chi connectivity index (χ4n) is 0.678. The molecule has 7 heteroatoms. The molecule has 1 heterocycles. The van der Waals surface area contributed by atoms with E-state index in [9.17, 15) is 13.2 Å². The smallest absolute Gasteiger partial charge is 0.329 e. The molecule has 1 rings (SSSR count). The molecule has 0 atom stereocenters. The van der Waals surface area contributed by atoms with Crippen molar-refractivity contribution in [3.8, 4) is 0 Å². The zero-order valence-corrected chi connectivity index (χ0v) is 6.54. The van der Waals surface area contributed by atoms with Crippen LogP contribution < -0.4 is 5.73 Å². The lowest BCUT2D eigenvalue weighted by atomic mass is 10.3. The van der Waals surface area contributed by atoms with E-state index in [1.54, 1.807) is 0 Å². The third-order valence-corrected chi connectivity index (χ3v) is 1.91. The molecule has 0 aromatic carbocycles. The van der Waals surface area contributed by atoms with Gasteiger partial charge in [-0.2, -0.15) is 8.42 Å². The van der Waals surface area contributed by atoms with Gasteiger partial charge < -0.3 is 10.2 Å². The van der Waals surface area contributed by atoms with Gasteiger partial charge in [-0.25, -0.2) is 0 Å². The first kappa shape index (κ1) is 8.75. The molecule has 0 aliphatic heterocycles. The second kappa shape index (κ2) is 2.61. The van der Waals surface area contributed by atoms with Gasteiger partial charge in [0.15, 0.2) is 0 Å². The molecule has 0 aliphatic rings. The molecule has 1 amide bonds. The summed E-state index contributed by atoms with van der Waals surface area (Å²) in [5.74, 6) is -0.976. The Kier molecular flexibility index (Phi) is 1.90. The molecule has 3 N–H and O–H groups in total. The molecule has 6 nitrogen and oxygen atoms in total. The van der Waals surface area contributed by atoms with Crippen LogP contribution in [0.1, 0.15) is 10.4 Å². The number of rotatable bonds is 2. The van der Waals surface area contributed by atoms with Gasteiger partial charge in [0.05, 0.1) is 11.8 Å². The molecular weight excluding hydrogens is 186 g/mol. The maximum atomic E-state index is 10.5. The number of hydrogen-bond donors (Lipinski definition) is 2. The van der Waals surface area contributed by atoms with E-state index in [0.29, 0.717) is 0 Å². The Hall–Kier alpha value is -1.34. The summed E-state index contributed by atoms with van der Waals surface area (Å²) in [6.07, 6.45) is 0.948. The first-order valence-corrected chi connectivity index (χ1v) is 4.21. The fourth-order valence-corrected chi connectivity index (χ4v) is 1.30. The molecule has 0 unspecified atom stereocenters.